The van der Waals surface area contributed by atoms with Crippen molar-refractivity contribution in [3.8, 4) is 0 Å². The van der Waals surface area contributed by atoms with Gasteiger partial charge in [0, 0.05) is 12.4 Å². The summed E-state index contributed by atoms with van der Waals surface area (Å²) in [6.07, 6.45) is 4.28. The third kappa shape index (κ3) is 2.73. The van der Waals surface area contributed by atoms with Crippen LogP contribution in [0.5, 0.6) is 0 Å². The first kappa shape index (κ1) is 11.7. The van der Waals surface area contributed by atoms with Gasteiger partial charge in [0.05, 0.1) is 12.4 Å². The molecule has 3 heterocycles. The lowest BCUT2D eigenvalue weighted by molar-refractivity contribution is 0.129. The molecule has 1 saturated heterocycles. The zero-order valence-electron chi connectivity index (χ0n) is 9.86. The Morgan fingerprint density at radius 2 is 2.50 bits per heavy atom. The maximum absolute atomic E-state index is 5.58. The molecule has 1 fully saturated rings. The fourth-order valence-electron chi connectivity index (χ4n) is 1.89. The summed E-state index contributed by atoms with van der Waals surface area (Å²) in [5.74, 6) is 1.75. The van der Waals surface area contributed by atoms with Crippen LogP contribution in [-0.2, 0) is 11.3 Å². The fourth-order valence-corrected chi connectivity index (χ4v) is 2.83. The molecule has 0 saturated carbocycles. The summed E-state index contributed by atoms with van der Waals surface area (Å²) in [5, 5.41) is 12.5. The van der Waals surface area contributed by atoms with E-state index in [-0.39, 0.29) is 0 Å². The molecule has 0 spiro atoms. The first-order valence-electron chi connectivity index (χ1n) is 5.95. The lowest BCUT2D eigenvalue weighted by Gasteiger charge is -2.07. The monoisotopic (exact) mass is 266 g/mol. The number of tetrazole rings is 1. The Bertz CT molecular complexity index is 479. The standard InChI is InChI=1S/C11H14N4O2S/c1-3-9(16-5-1)7-15-11(12-13-14-15)18-8-10-4-2-6-17-10/h1,3,5,10H,2,4,6-8H2. The van der Waals surface area contributed by atoms with Gasteiger partial charge >= 0.3 is 0 Å². The van der Waals surface area contributed by atoms with Crippen molar-refractivity contribution in [1.82, 2.24) is 20.2 Å². The van der Waals surface area contributed by atoms with Crippen molar-refractivity contribution in [2.75, 3.05) is 12.4 Å². The molecule has 0 N–H and O–H groups in total. The molecule has 1 aliphatic heterocycles. The van der Waals surface area contributed by atoms with E-state index < -0.39 is 0 Å². The van der Waals surface area contributed by atoms with Crippen LogP contribution in [0.4, 0.5) is 0 Å². The average Bonchev–Trinajstić information content (AvgIpc) is 3.10. The van der Waals surface area contributed by atoms with E-state index in [1.54, 1.807) is 22.7 Å². The number of aromatic nitrogens is 4. The van der Waals surface area contributed by atoms with Gasteiger partial charge in [-0.2, -0.15) is 0 Å². The molecule has 2 aromatic rings. The van der Waals surface area contributed by atoms with E-state index >= 15 is 0 Å². The van der Waals surface area contributed by atoms with Gasteiger partial charge in [0.15, 0.2) is 0 Å². The molecule has 0 bridgehead atoms. The zero-order chi connectivity index (χ0) is 12.2. The largest absolute Gasteiger partial charge is 0.467 e. The molecule has 1 atom stereocenters. The van der Waals surface area contributed by atoms with Crippen LogP contribution in [0.2, 0.25) is 0 Å². The van der Waals surface area contributed by atoms with Crippen molar-refractivity contribution < 1.29 is 9.15 Å². The normalized spacial score (nSPS) is 19.4. The minimum atomic E-state index is 0.337. The molecule has 1 aliphatic rings. The summed E-state index contributed by atoms with van der Waals surface area (Å²) >= 11 is 1.63. The molecule has 0 aliphatic carbocycles. The maximum Gasteiger partial charge on any atom is 0.209 e. The average molecular weight is 266 g/mol. The van der Waals surface area contributed by atoms with E-state index in [9.17, 15) is 0 Å². The highest BCUT2D eigenvalue weighted by molar-refractivity contribution is 7.99. The Morgan fingerprint density at radius 1 is 1.50 bits per heavy atom. The Hall–Kier alpha value is -1.34. The van der Waals surface area contributed by atoms with E-state index in [0.29, 0.717) is 12.6 Å². The zero-order valence-corrected chi connectivity index (χ0v) is 10.7. The van der Waals surface area contributed by atoms with Crippen LogP contribution in [-0.4, -0.2) is 38.7 Å². The summed E-state index contributed by atoms with van der Waals surface area (Å²) in [6.45, 7) is 1.44. The first-order valence-corrected chi connectivity index (χ1v) is 6.93. The van der Waals surface area contributed by atoms with Gasteiger partial charge in [-0.1, -0.05) is 11.8 Å². The summed E-state index contributed by atoms with van der Waals surface area (Å²) in [6, 6.07) is 3.77. The Morgan fingerprint density at radius 3 is 3.28 bits per heavy atom. The van der Waals surface area contributed by atoms with Crippen LogP contribution in [0.15, 0.2) is 28.0 Å². The van der Waals surface area contributed by atoms with Gasteiger partial charge < -0.3 is 9.15 Å². The van der Waals surface area contributed by atoms with Crippen LogP contribution in [0.1, 0.15) is 18.6 Å². The van der Waals surface area contributed by atoms with Gasteiger partial charge in [-0.25, -0.2) is 4.68 Å². The first-order chi connectivity index (χ1) is 8.92. The van der Waals surface area contributed by atoms with E-state index in [1.807, 2.05) is 12.1 Å². The second kappa shape index (κ2) is 5.53. The number of ether oxygens (including phenoxy) is 1. The predicted molar refractivity (Wildman–Crippen MR) is 65.3 cm³/mol. The highest BCUT2D eigenvalue weighted by Gasteiger charge is 2.17. The number of hydrogen-bond donors (Lipinski definition) is 0. The second-order valence-electron chi connectivity index (χ2n) is 4.14. The Labute approximate surface area is 109 Å². The molecule has 2 aromatic heterocycles. The number of rotatable bonds is 5. The molecule has 96 valence electrons. The molecule has 1 unspecified atom stereocenters. The maximum atomic E-state index is 5.58. The molecule has 0 amide bonds. The van der Waals surface area contributed by atoms with E-state index in [2.05, 4.69) is 15.5 Å². The predicted octanol–water partition coefficient (Wildman–Crippen LogP) is 1.59. The highest BCUT2D eigenvalue weighted by Crippen LogP contribution is 2.22. The van der Waals surface area contributed by atoms with E-state index in [0.717, 1.165) is 36.1 Å². The lowest BCUT2D eigenvalue weighted by atomic mass is 10.3. The van der Waals surface area contributed by atoms with E-state index in [4.69, 9.17) is 9.15 Å². The summed E-state index contributed by atoms with van der Waals surface area (Å²) in [5.41, 5.74) is 0. The number of hydrogen-bond acceptors (Lipinski definition) is 6. The van der Waals surface area contributed by atoms with Crippen molar-refractivity contribution in [3.05, 3.63) is 24.2 Å². The molecule has 18 heavy (non-hydrogen) atoms. The topological polar surface area (TPSA) is 66.0 Å². The van der Waals surface area contributed by atoms with Crippen LogP contribution in [0.3, 0.4) is 0 Å². The van der Waals surface area contributed by atoms with Crippen LogP contribution >= 0.6 is 11.8 Å². The molecule has 3 rings (SSSR count). The second-order valence-corrected chi connectivity index (χ2v) is 5.13. The fraction of sp³-hybridized carbons (Fsp3) is 0.545. The summed E-state index contributed by atoms with van der Waals surface area (Å²) in [4.78, 5) is 0. The van der Waals surface area contributed by atoms with Gasteiger partial charge in [-0.3, -0.25) is 0 Å². The summed E-state index contributed by atoms with van der Waals surface area (Å²) in [7, 11) is 0. The number of nitrogens with zero attached hydrogens (tertiary/aromatic N) is 4. The van der Waals surface area contributed by atoms with Gasteiger partial charge in [0.2, 0.25) is 5.16 Å². The third-order valence-electron chi connectivity index (χ3n) is 2.81. The van der Waals surface area contributed by atoms with Crippen LogP contribution in [0, 0.1) is 0 Å². The quantitative estimate of drug-likeness (QED) is 0.766. The van der Waals surface area contributed by atoms with Crippen molar-refractivity contribution >= 4 is 11.8 Å². The SMILES string of the molecule is c1coc(Cn2nnnc2SCC2CCCO2)c1. The van der Waals surface area contributed by atoms with Crippen molar-refractivity contribution in [1.29, 1.82) is 0 Å². The van der Waals surface area contributed by atoms with Gasteiger partial charge in [0.25, 0.3) is 0 Å². The number of furan rings is 1. The van der Waals surface area contributed by atoms with Gasteiger partial charge in [-0.05, 0) is 35.4 Å². The van der Waals surface area contributed by atoms with Crippen molar-refractivity contribution in [3.63, 3.8) is 0 Å². The Balaban J connectivity index is 1.60. The van der Waals surface area contributed by atoms with Gasteiger partial charge in [0.1, 0.15) is 12.3 Å². The molecule has 6 nitrogen and oxygen atoms in total. The molecular weight excluding hydrogens is 252 g/mol. The molecule has 0 aromatic carbocycles. The highest BCUT2D eigenvalue weighted by atomic mass is 32.2. The minimum absolute atomic E-state index is 0.337. The summed E-state index contributed by atoms with van der Waals surface area (Å²) < 4.78 is 12.6. The lowest BCUT2D eigenvalue weighted by Crippen LogP contribution is -2.10. The minimum Gasteiger partial charge on any atom is -0.467 e. The van der Waals surface area contributed by atoms with Crippen molar-refractivity contribution in [2.24, 2.45) is 0 Å². The van der Waals surface area contributed by atoms with Crippen LogP contribution < -0.4 is 0 Å². The molecular formula is C11H14N4O2S. The third-order valence-corrected chi connectivity index (χ3v) is 3.90. The Kier molecular flexibility index (Phi) is 3.61. The smallest absolute Gasteiger partial charge is 0.209 e. The molecule has 0 radical (unpaired) electrons. The van der Waals surface area contributed by atoms with Gasteiger partial charge in [-0.15, -0.1) is 5.10 Å². The van der Waals surface area contributed by atoms with Crippen molar-refractivity contribution in [2.45, 2.75) is 30.6 Å². The number of thioether (sulfide) groups is 1. The molecule has 7 heteroatoms. The van der Waals surface area contributed by atoms with E-state index in [1.165, 1.54) is 0 Å². The van der Waals surface area contributed by atoms with Crippen LogP contribution in [0.25, 0.3) is 0 Å².